The minimum absolute atomic E-state index is 0.267. The predicted octanol–water partition coefficient (Wildman–Crippen LogP) is 2.18. The molecule has 6 heteroatoms. The summed E-state index contributed by atoms with van der Waals surface area (Å²) in [6, 6.07) is 3.50. The van der Waals surface area contributed by atoms with Gasteiger partial charge in [0.1, 0.15) is 9.71 Å². The maximum absolute atomic E-state index is 11.5. The van der Waals surface area contributed by atoms with Crippen molar-refractivity contribution in [2.75, 3.05) is 14.2 Å². The topological polar surface area (TPSA) is 65.5 Å². The second-order valence-electron chi connectivity index (χ2n) is 3.64. The van der Waals surface area contributed by atoms with Crippen LogP contribution in [0.3, 0.4) is 0 Å². The lowest BCUT2D eigenvalue weighted by Crippen LogP contribution is -2.06. The largest absolute Gasteiger partial charge is 0.465 e. The van der Waals surface area contributed by atoms with Gasteiger partial charge in [-0.25, -0.2) is 14.6 Å². The van der Waals surface area contributed by atoms with Crippen molar-refractivity contribution in [1.82, 2.24) is 4.98 Å². The molecule has 0 aromatic carbocycles. The standard InChI is InChI=1S/C12H11NO4S/c1-6-4-7-5-8(11(14)16-2)18-10(7)13-9(6)12(15)17-3/h4-5H,1-3H3. The highest BCUT2D eigenvalue weighted by Crippen LogP contribution is 2.26. The van der Waals surface area contributed by atoms with E-state index in [1.54, 1.807) is 19.1 Å². The van der Waals surface area contributed by atoms with Crippen LogP contribution in [0.5, 0.6) is 0 Å². The van der Waals surface area contributed by atoms with Crippen LogP contribution < -0.4 is 0 Å². The molecule has 0 aliphatic carbocycles. The Morgan fingerprint density at radius 3 is 2.44 bits per heavy atom. The van der Waals surface area contributed by atoms with Crippen LogP contribution >= 0.6 is 11.3 Å². The van der Waals surface area contributed by atoms with E-state index in [1.165, 1.54) is 25.6 Å². The number of thiophene rings is 1. The Hall–Kier alpha value is -1.95. The van der Waals surface area contributed by atoms with Crippen LogP contribution in [0.4, 0.5) is 0 Å². The zero-order valence-corrected chi connectivity index (χ0v) is 11.0. The third-order valence-electron chi connectivity index (χ3n) is 2.46. The van der Waals surface area contributed by atoms with Gasteiger partial charge >= 0.3 is 11.9 Å². The van der Waals surface area contributed by atoms with Crippen LogP contribution in [0.25, 0.3) is 10.2 Å². The highest BCUT2D eigenvalue weighted by atomic mass is 32.1. The number of pyridine rings is 1. The summed E-state index contributed by atoms with van der Waals surface area (Å²) in [5.41, 5.74) is 0.979. The Bertz CT molecular complexity index is 632. The molecular weight excluding hydrogens is 254 g/mol. The van der Waals surface area contributed by atoms with Crippen molar-refractivity contribution in [3.8, 4) is 0 Å². The molecule has 0 aliphatic heterocycles. The molecule has 0 saturated heterocycles. The van der Waals surface area contributed by atoms with E-state index in [4.69, 9.17) is 0 Å². The second kappa shape index (κ2) is 4.73. The third kappa shape index (κ3) is 2.06. The average molecular weight is 265 g/mol. The van der Waals surface area contributed by atoms with Crippen molar-refractivity contribution in [3.63, 3.8) is 0 Å². The Balaban J connectivity index is 2.57. The number of nitrogens with zero attached hydrogens (tertiary/aromatic N) is 1. The molecule has 5 nitrogen and oxygen atoms in total. The van der Waals surface area contributed by atoms with E-state index < -0.39 is 11.9 Å². The molecule has 2 aromatic heterocycles. The molecular formula is C12H11NO4S. The summed E-state index contributed by atoms with van der Waals surface area (Å²) in [7, 11) is 2.63. The summed E-state index contributed by atoms with van der Waals surface area (Å²) in [4.78, 5) is 28.2. The molecule has 0 amide bonds. The molecule has 0 fully saturated rings. The summed E-state index contributed by atoms with van der Waals surface area (Å²) >= 11 is 1.19. The first-order chi connectivity index (χ1) is 8.56. The molecule has 0 aliphatic rings. The number of rotatable bonds is 2. The van der Waals surface area contributed by atoms with Gasteiger partial charge in [-0.1, -0.05) is 0 Å². The van der Waals surface area contributed by atoms with Crippen LogP contribution in [-0.2, 0) is 9.47 Å². The van der Waals surface area contributed by atoms with Crippen molar-refractivity contribution in [2.24, 2.45) is 0 Å². The summed E-state index contributed by atoms with van der Waals surface area (Å²) in [5, 5.41) is 0.811. The minimum Gasteiger partial charge on any atom is -0.465 e. The first-order valence-corrected chi connectivity index (χ1v) is 5.96. The number of fused-ring (bicyclic) bond motifs is 1. The minimum atomic E-state index is -0.484. The van der Waals surface area contributed by atoms with Crippen LogP contribution in [0.1, 0.15) is 25.7 Å². The van der Waals surface area contributed by atoms with Crippen molar-refractivity contribution in [1.29, 1.82) is 0 Å². The summed E-state index contributed by atoms with van der Waals surface area (Å²) in [6.45, 7) is 1.77. The molecule has 0 unspecified atom stereocenters. The second-order valence-corrected chi connectivity index (χ2v) is 4.67. The molecule has 0 N–H and O–H groups in total. The van der Waals surface area contributed by atoms with Crippen molar-refractivity contribution in [2.45, 2.75) is 6.92 Å². The van der Waals surface area contributed by atoms with E-state index in [1.807, 2.05) is 0 Å². The van der Waals surface area contributed by atoms with Gasteiger partial charge in [-0.15, -0.1) is 11.3 Å². The average Bonchev–Trinajstić information content (AvgIpc) is 2.78. The molecule has 18 heavy (non-hydrogen) atoms. The van der Waals surface area contributed by atoms with Gasteiger partial charge in [0, 0.05) is 5.39 Å². The third-order valence-corrected chi connectivity index (χ3v) is 3.49. The molecule has 2 aromatic rings. The molecule has 94 valence electrons. The fourth-order valence-corrected chi connectivity index (χ4v) is 2.52. The Kier molecular flexibility index (Phi) is 3.29. The molecule has 0 spiro atoms. The number of esters is 2. The zero-order chi connectivity index (χ0) is 13.3. The number of hydrogen-bond acceptors (Lipinski definition) is 6. The van der Waals surface area contributed by atoms with Crippen molar-refractivity contribution in [3.05, 3.63) is 28.3 Å². The molecule has 0 saturated carbocycles. The Labute approximate surface area is 107 Å². The van der Waals surface area contributed by atoms with E-state index in [2.05, 4.69) is 14.5 Å². The summed E-state index contributed by atoms with van der Waals surface area (Å²) in [6.07, 6.45) is 0. The first kappa shape index (κ1) is 12.5. The lowest BCUT2D eigenvalue weighted by Gasteiger charge is -2.02. The number of carbonyl (C=O) groups excluding carboxylic acids is 2. The smallest absolute Gasteiger partial charge is 0.356 e. The summed E-state index contributed by atoms with van der Waals surface area (Å²) < 4.78 is 9.30. The molecule has 2 heterocycles. The quantitative estimate of drug-likeness (QED) is 0.779. The molecule has 2 rings (SSSR count). The van der Waals surface area contributed by atoms with E-state index >= 15 is 0 Å². The predicted molar refractivity (Wildman–Crippen MR) is 67.0 cm³/mol. The number of ether oxygens (including phenoxy) is 2. The Morgan fingerprint density at radius 2 is 1.83 bits per heavy atom. The molecule has 0 atom stereocenters. The fourth-order valence-electron chi connectivity index (χ4n) is 1.58. The van der Waals surface area contributed by atoms with E-state index in [0.29, 0.717) is 15.3 Å². The first-order valence-electron chi connectivity index (χ1n) is 5.14. The van der Waals surface area contributed by atoms with E-state index in [-0.39, 0.29) is 5.69 Å². The van der Waals surface area contributed by atoms with Crippen molar-refractivity contribution >= 4 is 33.5 Å². The number of methoxy groups -OCH3 is 2. The lowest BCUT2D eigenvalue weighted by atomic mass is 10.2. The number of carbonyl (C=O) groups is 2. The number of hydrogen-bond donors (Lipinski definition) is 0. The van der Waals surface area contributed by atoms with E-state index in [9.17, 15) is 9.59 Å². The van der Waals surface area contributed by atoms with Crippen molar-refractivity contribution < 1.29 is 19.1 Å². The van der Waals surface area contributed by atoms with Gasteiger partial charge in [-0.05, 0) is 24.6 Å². The normalized spacial score (nSPS) is 10.4. The van der Waals surface area contributed by atoms with Gasteiger partial charge in [0.05, 0.1) is 14.2 Å². The monoisotopic (exact) mass is 265 g/mol. The number of aromatic nitrogens is 1. The van der Waals surface area contributed by atoms with Gasteiger partial charge in [-0.2, -0.15) is 0 Å². The van der Waals surface area contributed by atoms with Crippen LogP contribution in [-0.4, -0.2) is 31.1 Å². The maximum Gasteiger partial charge on any atom is 0.356 e. The Morgan fingerprint density at radius 1 is 1.17 bits per heavy atom. The van der Waals surface area contributed by atoms with Gasteiger partial charge in [0.15, 0.2) is 5.69 Å². The fraction of sp³-hybridized carbons (Fsp3) is 0.250. The van der Waals surface area contributed by atoms with Gasteiger partial charge < -0.3 is 9.47 Å². The zero-order valence-electron chi connectivity index (χ0n) is 10.1. The highest BCUT2D eigenvalue weighted by Gasteiger charge is 2.16. The van der Waals surface area contributed by atoms with Gasteiger partial charge in [0.2, 0.25) is 0 Å². The highest BCUT2D eigenvalue weighted by molar-refractivity contribution is 7.20. The van der Waals surface area contributed by atoms with E-state index in [0.717, 1.165) is 5.39 Å². The van der Waals surface area contributed by atoms with Gasteiger partial charge in [-0.3, -0.25) is 0 Å². The molecule has 0 bridgehead atoms. The SMILES string of the molecule is COC(=O)c1cc2cc(C)c(C(=O)OC)nc2s1. The van der Waals surface area contributed by atoms with Crippen LogP contribution in [0.2, 0.25) is 0 Å². The maximum atomic E-state index is 11.5. The number of aryl methyl sites for hydroxylation is 1. The summed E-state index contributed by atoms with van der Waals surface area (Å²) in [5.74, 6) is -0.891. The lowest BCUT2D eigenvalue weighted by molar-refractivity contribution is 0.0589. The van der Waals surface area contributed by atoms with Gasteiger partial charge in [0.25, 0.3) is 0 Å². The van der Waals surface area contributed by atoms with Crippen LogP contribution in [0, 0.1) is 6.92 Å². The molecule has 0 radical (unpaired) electrons. The van der Waals surface area contributed by atoms with Crippen LogP contribution in [0.15, 0.2) is 12.1 Å².